The number of sulfone groups is 1. The van der Waals surface area contributed by atoms with Gasteiger partial charge in [0.05, 0.1) is 18.4 Å². The van der Waals surface area contributed by atoms with Crippen LogP contribution in [0.3, 0.4) is 0 Å². The van der Waals surface area contributed by atoms with Crippen LogP contribution in [-0.2, 0) is 14.6 Å². The van der Waals surface area contributed by atoms with Gasteiger partial charge in [-0.05, 0) is 19.3 Å². The molecule has 0 unspecified atom stereocenters. The van der Waals surface area contributed by atoms with E-state index in [2.05, 4.69) is 0 Å². The molecule has 0 aromatic rings. The summed E-state index contributed by atoms with van der Waals surface area (Å²) in [4.78, 5) is 16.4. The summed E-state index contributed by atoms with van der Waals surface area (Å²) < 4.78 is 29.7. The zero-order valence-electron chi connectivity index (χ0n) is 12.5. The molecule has 0 aromatic heterocycles. The van der Waals surface area contributed by atoms with Crippen molar-refractivity contribution in [3.63, 3.8) is 0 Å². The van der Waals surface area contributed by atoms with Crippen LogP contribution in [0.4, 0.5) is 4.79 Å². The third kappa shape index (κ3) is 2.77. The lowest BCUT2D eigenvalue weighted by Gasteiger charge is -2.45. The van der Waals surface area contributed by atoms with E-state index in [1.807, 2.05) is 11.9 Å². The Bertz CT molecular complexity index is 501. The summed E-state index contributed by atoms with van der Waals surface area (Å²) in [5.41, 5.74) is 0. The molecule has 0 radical (unpaired) electrons. The Hall–Kier alpha value is -0.820. The van der Waals surface area contributed by atoms with E-state index in [4.69, 9.17) is 4.74 Å². The standard InChI is InChI=1S/C14H24N2O4S/c1-15(11-4-2-3-5-11)14(17)16-7-9-21(18,19)13-10-20-8-6-12(13)16/h11-13H,2-10H2,1H3/t12-,13-/m0/s1. The molecule has 3 fully saturated rings. The van der Waals surface area contributed by atoms with Gasteiger partial charge < -0.3 is 14.5 Å². The molecule has 120 valence electrons. The number of carbonyl (C=O) groups is 1. The highest BCUT2D eigenvalue weighted by atomic mass is 32.2. The van der Waals surface area contributed by atoms with Gasteiger partial charge in [-0.15, -0.1) is 0 Å². The molecule has 0 N–H and O–H groups in total. The molecule has 2 amide bonds. The topological polar surface area (TPSA) is 66.9 Å². The van der Waals surface area contributed by atoms with Crippen molar-refractivity contribution < 1.29 is 17.9 Å². The maximum absolute atomic E-state index is 12.8. The molecule has 2 aliphatic heterocycles. The van der Waals surface area contributed by atoms with Gasteiger partial charge in [-0.1, -0.05) is 12.8 Å². The number of hydrogen-bond donors (Lipinski definition) is 0. The van der Waals surface area contributed by atoms with Crippen LogP contribution in [0.25, 0.3) is 0 Å². The third-order valence-corrected chi connectivity index (χ3v) is 7.29. The van der Waals surface area contributed by atoms with Crippen molar-refractivity contribution in [1.82, 2.24) is 9.80 Å². The van der Waals surface area contributed by atoms with Gasteiger partial charge in [-0.25, -0.2) is 13.2 Å². The molecule has 3 aliphatic rings. The Morgan fingerprint density at radius 1 is 1.24 bits per heavy atom. The minimum absolute atomic E-state index is 0.00583. The first kappa shape index (κ1) is 15.1. The van der Waals surface area contributed by atoms with E-state index in [0.717, 1.165) is 12.8 Å². The predicted octanol–water partition coefficient (Wildman–Crippen LogP) is 0.869. The Morgan fingerprint density at radius 3 is 2.67 bits per heavy atom. The van der Waals surface area contributed by atoms with Crippen molar-refractivity contribution in [2.24, 2.45) is 0 Å². The molecular weight excluding hydrogens is 292 g/mol. The summed E-state index contributed by atoms with van der Waals surface area (Å²) in [7, 11) is -1.28. The zero-order chi connectivity index (χ0) is 15.0. The summed E-state index contributed by atoms with van der Waals surface area (Å²) in [5, 5.41) is -0.541. The first-order valence-corrected chi connectivity index (χ1v) is 9.55. The van der Waals surface area contributed by atoms with E-state index in [1.165, 1.54) is 12.8 Å². The van der Waals surface area contributed by atoms with E-state index in [-0.39, 0.29) is 24.4 Å². The average Bonchev–Trinajstić information content (AvgIpc) is 3.00. The molecule has 21 heavy (non-hydrogen) atoms. The van der Waals surface area contributed by atoms with Gasteiger partial charge in [0, 0.05) is 26.2 Å². The first-order chi connectivity index (χ1) is 10.0. The summed E-state index contributed by atoms with van der Waals surface area (Å²) in [6, 6.07) is 0.0943. The summed E-state index contributed by atoms with van der Waals surface area (Å²) in [5.74, 6) is 0.0573. The Balaban J connectivity index is 1.76. The molecule has 3 rings (SSSR count). The predicted molar refractivity (Wildman–Crippen MR) is 78.9 cm³/mol. The van der Waals surface area contributed by atoms with Gasteiger partial charge in [-0.2, -0.15) is 0 Å². The summed E-state index contributed by atoms with van der Waals surface area (Å²) >= 11 is 0. The van der Waals surface area contributed by atoms with Crippen LogP contribution in [0.5, 0.6) is 0 Å². The van der Waals surface area contributed by atoms with E-state index in [9.17, 15) is 13.2 Å². The SMILES string of the molecule is CN(C(=O)N1CCS(=O)(=O)[C@H]2COCC[C@@H]21)C1CCCC1. The van der Waals surface area contributed by atoms with Crippen molar-refractivity contribution in [3.8, 4) is 0 Å². The van der Waals surface area contributed by atoms with Gasteiger partial charge in [0.15, 0.2) is 9.84 Å². The normalized spacial score (nSPS) is 32.7. The number of fused-ring (bicyclic) bond motifs is 1. The lowest BCUT2D eigenvalue weighted by molar-refractivity contribution is 0.0384. The van der Waals surface area contributed by atoms with Crippen molar-refractivity contribution in [3.05, 3.63) is 0 Å². The highest BCUT2D eigenvalue weighted by molar-refractivity contribution is 7.92. The zero-order valence-corrected chi connectivity index (χ0v) is 13.3. The van der Waals surface area contributed by atoms with Crippen molar-refractivity contribution in [1.29, 1.82) is 0 Å². The minimum atomic E-state index is -3.13. The second-order valence-corrected chi connectivity index (χ2v) is 8.70. The fraction of sp³-hybridized carbons (Fsp3) is 0.929. The van der Waals surface area contributed by atoms with Crippen LogP contribution in [0, 0.1) is 0 Å². The fourth-order valence-electron chi connectivity index (χ4n) is 3.83. The number of ether oxygens (including phenoxy) is 1. The molecule has 2 atom stereocenters. The molecule has 0 spiro atoms. The average molecular weight is 316 g/mol. The maximum atomic E-state index is 12.8. The van der Waals surface area contributed by atoms with E-state index in [1.54, 1.807) is 4.90 Å². The Labute approximate surface area is 126 Å². The molecule has 6 nitrogen and oxygen atoms in total. The van der Waals surface area contributed by atoms with E-state index >= 15 is 0 Å². The molecule has 0 aromatic carbocycles. The monoisotopic (exact) mass is 316 g/mol. The van der Waals surface area contributed by atoms with Crippen LogP contribution >= 0.6 is 0 Å². The number of urea groups is 1. The molecule has 7 heteroatoms. The molecule has 2 saturated heterocycles. The van der Waals surface area contributed by atoms with Crippen LogP contribution in [0.2, 0.25) is 0 Å². The highest BCUT2D eigenvalue weighted by Gasteiger charge is 2.46. The van der Waals surface area contributed by atoms with Crippen molar-refractivity contribution in [2.45, 2.75) is 49.4 Å². The second-order valence-electron chi connectivity index (χ2n) is 6.36. The quantitative estimate of drug-likeness (QED) is 0.720. The fourth-order valence-corrected chi connectivity index (χ4v) is 5.65. The Kier molecular flexibility index (Phi) is 4.14. The van der Waals surface area contributed by atoms with Crippen LogP contribution < -0.4 is 0 Å². The lowest BCUT2D eigenvalue weighted by Crippen LogP contribution is -2.62. The van der Waals surface area contributed by atoms with E-state index in [0.29, 0.717) is 25.6 Å². The van der Waals surface area contributed by atoms with Gasteiger partial charge in [-0.3, -0.25) is 0 Å². The van der Waals surface area contributed by atoms with Gasteiger partial charge in [0.1, 0.15) is 5.25 Å². The molecule has 0 bridgehead atoms. The van der Waals surface area contributed by atoms with Gasteiger partial charge in [0.25, 0.3) is 0 Å². The smallest absolute Gasteiger partial charge is 0.320 e. The molecule has 1 aliphatic carbocycles. The lowest BCUT2D eigenvalue weighted by atomic mass is 10.1. The molecular formula is C14H24N2O4S. The second kappa shape index (κ2) is 5.76. The number of nitrogens with zero attached hydrogens (tertiary/aromatic N) is 2. The molecule has 1 saturated carbocycles. The number of carbonyl (C=O) groups excluding carboxylic acids is 1. The molecule has 2 heterocycles. The van der Waals surface area contributed by atoms with Crippen LogP contribution in [0.1, 0.15) is 32.1 Å². The van der Waals surface area contributed by atoms with Crippen LogP contribution in [-0.4, -0.2) is 74.1 Å². The third-order valence-electron chi connectivity index (χ3n) is 5.17. The number of amides is 2. The van der Waals surface area contributed by atoms with Gasteiger partial charge >= 0.3 is 6.03 Å². The largest absolute Gasteiger partial charge is 0.380 e. The summed E-state index contributed by atoms with van der Waals surface area (Å²) in [6.07, 6.45) is 5.10. The minimum Gasteiger partial charge on any atom is -0.380 e. The highest BCUT2D eigenvalue weighted by Crippen LogP contribution is 2.29. The first-order valence-electron chi connectivity index (χ1n) is 7.83. The van der Waals surface area contributed by atoms with Crippen molar-refractivity contribution in [2.75, 3.05) is 32.6 Å². The summed E-state index contributed by atoms with van der Waals surface area (Å²) in [6.45, 7) is 1.08. The van der Waals surface area contributed by atoms with E-state index < -0.39 is 15.1 Å². The van der Waals surface area contributed by atoms with Crippen molar-refractivity contribution >= 4 is 15.9 Å². The number of hydrogen-bond acceptors (Lipinski definition) is 4. The Morgan fingerprint density at radius 2 is 1.95 bits per heavy atom. The number of rotatable bonds is 1. The van der Waals surface area contributed by atoms with Crippen LogP contribution in [0.15, 0.2) is 0 Å². The maximum Gasteiger partial charge on any atom is 0.320 e. The van der Waals surface area contributed by atoms with Gasteiger partial charge in [0.2, 0.25) is 0 Å².